The van der Waals surface area contributed by atoms with Crippen molar-refractivity contribution in [3.63, 3.8) is 0 Å². The van der Waals surface area contributed by atoms with Gasteiger partial charge >= 0.3 is 5.97 Å². The van der Waals surface area contributed by atoms with Crippen molar-refractivity contribution in [1.82, 2.24) is 9.97 Å². The summed E-state index contributed by atoms with van der Waals surface area (Å²) in [6.45, 7) is 6.88. The number of rotatable bonds is 5. The number of anilines is 1. The predicted molar refractivity (Wildman–Crippen MR) is 137 cm³/mol. The van der Waals surface area contributed by atoms with Crippen molar-refractivity contribution < 1.29 is 19.4 Å². The van der Waals surface area contributed by atoms with Crippen molar-refractivity contribution in [3.05, 3.63) is 87.6 Å². The van der Waals surface area contributed by atoms with Crippen LogP contribution >= 0.6 is 0 Å². The van der Waals surface area contributed by atoms with Crippen molar-refractivity contribution in [3.8, 4) is 23.2 Å². The first-order chi connectivity index (χ1) is 17.0. The van der Waals surface area contributed by atoms with E-state index < -0.39 is 11.6 Å². The normalized spacial score (nSPS) is 12.0. The van der Waals surface area contributed by atoms with E-state index in [4.69, 9.17) is 4.42 Å². The molecule has 2 aromatic carbocycles. The van der Waals surface area contributed by atoms with Gasteiger partial charge in [-0.05, 0) is 57.4 Å². The van der Waals surface area contributed by atoms with E-state index in [1.165, 1.54) is 24.5 Å². The molecule has 0 spiro atoms. The molecule has 182 valence electrons. The maximum atomic E-state index is 13.0. The number of hydrogen-bond donors (Lipinski definition) is 3. The Morgan fingerprint density at radius 1 is 1.14 bits per heavy atom. The van der Waals surface area contributed by atoms with Crippen LogP contribution in [0.15, 0.2) is 64.1 Å². The van der Waals surface area contributed by atoms with Crippen LogP contribution in [0.4, 0.5) is 5.69 Å². The van der Waals surface area contributed by atoms with Crippen molar-refractivity contribution >= 4 is 22.6 Å². The molecular weight excluding hydrogens is 458 g/mol. The SMILES string of the molecule is Cc1cc(C(C)Nc2ccccc2C(=O)O)c2oc(-c3cnc(C#CC(C)(C)O)nc3)cc(=O)c2c1. The third kappa shape index (κ3) is 5.43. The molecule has 0 aliphatic carbocycles. The van der Waals surface area contributed by atoms with E-state index in [9.17, 15) is 19.8 Å². The topological polar surface area (TPSA) is 126 Å². The molecule has 3 N–H and O–H groups in total. The van der Waals surface area contributed by atoms with Crippen LogP contribution in [-0.4, -0.2) is 31.8 Å². The summed E-state index contributed by atoms with van der Waals surface area (Å²) in [7, 11) is 0. The van der Waals surface area contributed by atoms with Crippen molar-refractivity contribution in [2.45, 2.75) is 39.3 Å². The van der Waals surface area contributed by atoms with Gasteiger partial charge in [-0.25, -0.2) is 14.8 Å². The van der Waals surface area contributed by atoms with E-state index >= 15 is 0 Å². The number of benzene rings is 2. The van der Waals surface area contributed by atoms with Crippen LogP contribution in [0.25, 0.3) is 22.3 Å². The van der Waals surface area contributed by atoms with Crippen LogP contribution in [-0.2, 0) is 0 Å². The summed E-state index contributed by atoms with van der Waals surface area (Å²) < 4.78 is 6.19. The molecule has 0 saturated heterocycles. The average Bonchev–Trinajstić information content (AvgIpc) is 2.82. The Bertz CT molecular complexity index is 1570. The number of nitrogens with one attached hydrogen (secondary N) is 1. The molecule has 0 radical (unpaired) electrons. The summed E-state index contributed by atoms with van der Waals surface area (Å²) in [5.41, 5.74) is 1.68. The Labute approximate surface area is 207 Å². The molecule has 0 aliphatic heterocycles. The molecule has 1 unspecified atom stereocenters. The third-order valence-corrected chi connectivity index (χ3v) is 5.41. The van der Waals surface area contributed by atoms with Crippen LogP contribution in [0.2, 0.25) is 0 Å². The Balaban J connectivity index is 1.76. The molecule has 1 atom stereocenters. The highest BCUT2D eigenvalue weighted by Gasteiger charge is 2.18. The lowest BCUT2D eigenvalue weighted by Crippen LogP contribution is -2.14. The van der Waals surface area contributed by atoms with Gasteiger partial charge in [-0.15, -0.1) is 0 Å². The second kappa shape index (κ2) is 9.64. The fraction of sp³-hybridized carbons (Fsp3) is 0.214. The number of aryl methyl sites for hydroxylation is 1. The van der Waals surface area contributed by atoms with Gasteiger partial charge in [-0.2, -0.15) is 0 Å². The molecule has 0 aliphatic rings. The third-order valence-electron chi connectivity index (χ3n) is 5.41. The number of nitrogens with zero attached hydrogens (tertiary/aromatic N) is 2. The van der Waals surface area contributed by atoms with Crippen LogP contribution in [0.3, 0.4) is 0 Å². The summed E-state index contributed by atoms with van der Waals surface area (Å²) in [5, 5.41) is 22.9. The van der Waals surface area contributed by atoms with E-state index in [1.807, 2.05) is 19.9 Å². The quantitative estimate of drug-likeness (QED) is 0.353. The Morgan fingerprint density at radius 3 is 2.50 bits per heavy atom. The van der Waals surface area contributed by atoms with E-state index in [2.05, 4.69) is 27.1 Å². The minimum absolute atomic E-state index is 0.147. The highest BCUT2D eigenvalue weighted by Crippen LogP contribution is 2.31. The van der Waals surface area contributed by atoms with Gasteiger partial charge in [-0.1, -0.05) is 24.1 Å². The Morgan fingerprint density at radius 2 is 1.83 bits per heavy atom. The first kappa shape index (κ1) is 24.6. The molecule has 36 heavy (non-hydrogen) atoms. The van der Waals surface area contributed by atoms with Crippen molar-refractivity contribution in [1.29, 1.82) is 0 Å². The second-order valence-electron chi connectivity index (χ2n) is 9.03. The zero-order chi connectivity index (χ0) is 26.0. The highest BCUT2D eigenvalue weighted by molar-refractivity contribution is 5.94. The Hall–Kier alpha value is -4.48. The number of aromatic carboxylic acids is 1. The lowest BCUT2D eigenvalue weighted by atomic mass is 10.0. The number of hydrogen-bond acceptors (Lipinski definition) is 7. The zero-order valence-corrected chi connectivity index (χ0v) is 20.3. The Kier molecular flexibility index (Phi) is 6.60. The van der Waals surface area contributed by atoms with E-state index in [-0.39, 0.29) is 28.6 Å². The molecule has 8 nitrogen and oxygen atoms in total. The van der Waals surface area contributed by atoms with Crippen LogP contribution < -0.4 is 10.7 Å². The molecule has 0 fully saturated rings. The summed E-state index contributed by atoms with van der Waals surface area (Å²) in [6, 6.07) is 11.3. The molecule has 0 bridgehead atoms. The molecule has 0 amide bonds. The standard InChI is InChI=1S/C28H25N3O5/c1-16-11-20(17(2)31-22-8-6-5-7-19(22)27(33)34)26-21(12-16)23(32)13-24(36-26)18-14-29-25(30-15-18)9-10-28(3,4)35/h5-8,11-15,17,31,35H,1-4H3,(H,33,34). The summed E-state index contributed by atoms with van der Waals surface area (Å²) in [4.78, 5) is 33.1. The van der Waals surface area contributed by atoms with E-state index in [1.54, 1.807) is 38.1 Å². The largest absolute Gasteiger partial charge is 0.478 e. The number of fused-ring (bicyclic) bond motifs is 1. The number of carboxylic acid groups (broad SMARTS) is 1. The number of aliphatic hydroxyl groups is 1. The van der Waals surface area contributed by atoms with Crippen LogP contribution in [0.1, 0.15) is 54.1 Å². The van der Waals surface area contributed by atoms with Gasteiger partial charge < -0.3 is 19.9 Å². The van der Waals surface area contributed by atoms with Gasteiger partial charge in [0.2, 0.25) is 5.82 Å². The zero-order valence-electron chi connectivity index (χ0n) is 20.3. The predicted octanol–water partition coefficient (Wildman–Crippen LogP) is 4.55. The van der Waals surface area contributed by atoms with Gasteiger partial charge in [0.25, 0.3) is 0 Å². The highest BCUT2D eigenvalue weighted by atomic mass is 16.4. The summed E-state index contributed by atoms with van der Waals surface area (Å²) >= 11 is 0. The number of carbonyl (C=O) groups is 1. The van der Waals surface area contributed by atoms with Gasteiger partial charge in [-0.3, -0.25) is 4.79 Å². The molecular formula is C28H25N3O5. The first-order valence-electron chi connectivity index (χ1n) is 11.3. The van der Waals surface area contributed by atoms with E-state index in [0.29, 0.717) is 27.8 Å². The maximum absolute atomic E-state index is 13.0. The smallest absolute Gasteiger partial charge is 0.337 e. The lowest BCUT2D eigenvalue weighted by Gasteiger charge is -2.19. The number of carboxylic acids is 1. The fourth-order valence-corrected chi connectivity index (χ4v) is 3.73. The van der Waals surface area contributed by atoms with Gasteiger partial charge in [0, 0.05) is 29.7 Å². The monoisotopic (exact) mass is 483 g/mol. The van der Waals surface area contributed by atoms with E-state index in [0.717, 1.165) is 5.56 Å². The fourth-order valence-electron chi connectivity index (χ4n) is 3.73. The van der Waals surface area contributed by atoms with Crippen LogP contribution in [0, 0.1) is 18.8 Å². The maximum Gasteiger partial charge on any atom is 0.337 e. The minimum atomic E-state index is -1.17. The van der Waals surface area contributed by atoms with Crippen molar-refractivity contribution in [2.24, 2.45) is 0 Å². The number of para-hydroxylation sites is 1. The molecule has 2 aromatic heterocycles. The second-order valence-corrected chi connectivity index (χ2v) is 9.03. The molecule has 2 heterocycles. The molecule has 8 heteroatoms. The molecule has 0 saturated carbocycles. The molecule has 4 rings (SSSR count). The minimum Gasteiger partial charge on any atom is -0.478 e. The van der Waals surface area contributed by atoms with Gasteiger partial charge in [0.15, 0.2) is 5.43 Å². The number of aromatic nitrogens is 2. The van der Waals surface area contributed by atoms with Gasteiger partial charge in [0.05, 0.1) is 22.6 Å². The lowest BCUT2D eigenvalue weighted by molar-refractivity contribution is 0.0698. The van der Waals surface area contributed by atoms with Crippen molar-refractivity contribution in [2.75, 3.05) is 5.32 Å². The molecule has 4 aromatic rings. The first-order valence-corrected chi connectivity index (χ1v) is 11.3. The van der Waals surface area contributed by atoms with Gasteiger partial charge in [0.1, 0.15) is 16.9 Å². The summed E-state index contributed by atoms with van der Waals surface area (Å²) in [6.07, 6.45) is 3.01. The average molecular weight is 484 g/mol. The van der Waals surface area contributed by atoms with Crippen LogP contribution in [0.5, 0.6) is 0 Å². The summed E-state index contributed by atoms with van der Waals surface area (Å²) in [5.74, 6) is 4.84.